The van der Waals surface area contributed by atoms with Crippen LogP contribution in [0.1, 0.15) is 21.7 Å². The molecule has 5 heteroatoms. The summed E-state index contributed by atoms with van der Waals surface area (Å²) in [5.41, 5.74) is 7.13. The van der Waals surface area contributed by atoms with Crippen molar-refractivity contribution >= 4 is 5.91 Å². The Kier molecular flexibility index (Phi) is 4.32. The highest BCUT2D eigenvalue weighted by molar-refractivity contribution is 5.91. The second-order valence-electron chi connectivity index (χ2n) is 3.72. The summed E-state index contributed by atoms with van der Waals surface area (Å²) < 4.78 is 4.77. The van der Waals surface area contributed by atoms with E-state index in [-0.39, 0.29) is 11.7 Å². The maximum absolute atomic E-state index is 11.7. The maximum atomic E-state index is 11.7. The molecule has 3 N–H and O–H groups in total. The number of nitrogens with one attached hydrogen (secondary N) is 1. The number of benzene rings is 1. The monoisotopic (exact) mass is 255 g/mol. The Balaban J connectivity index is 2.05. The smallest absolute Gasteiger partial charge is 0.290 e. The van der Waals surface area contributed by atoms with Crippen molar-refractivity contribution in [1.29, 1.82) is 0 Å². The van der Waals surface area contributed by atoms with Gasteiger partial charge in [-0.1, -0.05) is 35.2 Å². The molecule has 1 amide bonds. The number of aromatic nitrogens is 1. The molecule has 1 aromatic heterocycles. The summed E-state index contributed by atoms with van der Waals surface area (Å²) in [4.78, 5) is 11.7. The van der Waals surface area contributed by atoms with Crippen molar-refractivity contribution < 1.29 is 9.32 Å². The molecule has 0 aliphatic carbocycles. The highest BCUT2D eigenvalue weighted by Gasteiger charge is 2.09. The molecule has 5 nitrogen and oxygen atoms in total. The van der Waals surface area contributed by atoms with Crippen LogP contribution in [0.5, 0.6) is 0 Å². The molecule has 0 spiro atoms. The van der Waals surface area contributed by atoms with Gasteiger partial charge in [-0.2, -0.15) is 0 Å². The minimum Gasteiger partial charge on any atom is -0.351 e. The molecule has 1 heterocycles. The lowest BCUT2D eigenvalue weighted by molar-refractivity contribution is 0.0914. The maximum Gasteiger partial charge on any atom is 0.290 e. The van der Waals surface area contributed by atoms with E-state index < -0.39 is 0 Å². The van der Waals surface area contributed by atoms with E-state index in [0.29, 0.717) is 13.1 Å². The first-order chi connectivity index (χ1) is 9.31. The van der Waals surface area contributed by atoms with Crippen molar-refractivity contribution in [1.82, 2.24) is 10.5 Å². The number of hydrogen-bond acceptors (Lipinski definition) is 4. The normalized spacial score (nSPS) is 9.53. The van der Waals surface area contributed by atoms with Gasteiger partial charge in [-0.3, -0.25) is 4.79 Å². The molecule has 0 unspecified atom stereocenters. The summed E-state index contributed by atoms with van der Waals surface area (Å²) in [6.07, 6.45) is 1.43. The predicted molar refractivity (Wildman–Crippen MR) is 70.0 cm³/mol. The Morgan fingerprint density at radius 2 is 2.21 bits per heavy atom. The van der Waals surface area contributed by atoms with Crippen LogP contribution in [0.2, 0.25) is 0 Å². The fourth-order valence-electron chi connectivity index (χ4n) is 1.54. The van der Waals surface area contributed by atoms with Gasteiger partial charge in [-0.15, -0.1) is 0 Å². The molecule has 0 saturated heterocycles. The summed E-state index contributed by atoms with van der Waals surface area (Å²) in [6.45, 7) is 0.674. The lowest BCUT2D eigenvalue weighted by atomic mass is 10.1. The summed E-state index contributed by atoms with van der Waals surface area (Å²) in [5.74, 6) is 5.65. The van der Waals surface area contributed by atoms with Crippen LogP contribution in [0.15, 0.2) is 41.1 Å². The zero-order valence-corrected chi connectivity index (χ0v) is 10.2. The second kappa shape index (κ2) is 6.38. The first kappa shape index (κ1) is 12.9. The van der Waals surface area contributed by atoms with Crippen molar-refractivity contribution in [3.05, 3.63) is 53.4 Å². The standard InChI is InChI=1S/C14H13N3O2/c15-8-3-6-11-4-1-2-5-12(11)10-16-14(18)13-7-9-17-19-13/h1-2,4-5,7,9H,8,10,15H2,(H,16,18). The van der Waals surface area contributed by atoms with Gasteiger partial charge in [-0.05, 0) is 11.6 Å². The van der Waals surface area contributed by atoms with Crippen LogP contribution in [0.25, 0.3) is 0 Å². The molecular weight excluding hydrogens is 242 g/mol. The molecular formula is C14H13N3O2. The Bertz CT molecular complexity index is 609. The summed E-state index contributed by atoms with van der Waals surface area (Å²) in [6, 6.07) is 9.08. The highest BCUT2D eigenvalue weighted by atomic mass is 16.5. The minimum absolute atomic E-state index is 0.186. The van der Waals surface area contributed by atoms with Gasteiger partial charge < -0.3 is 15.6 Å². The topological polar surface area (TPSA) is 81.1 Å². The van der Waals surface area contributed by atoms with Gasteiger partial charge in [0.2, 0.25) is 5.76 Å². The minimum atomic E-state index is -0.306. The molecule has 0 radical (unpaired) electrons. The SMILES string of the molecule is NCC#Cc1ccccc1CNC(=O)c1ccno1. The largest absolute Gasteiger partial charge is 0.351 e. The van der Waals surface area contributed by atoms with Gasteiger partial charge in [-0.25, -0.2) is 0 Å². The van der Waals surface area contributed by atoms with Crippen molar-refractivity contribution in [3.63, 3.8) is 0 Å². The van der Waals surface area contributed by atoms with Crippen LogP contribution in [0.4, 0.5) is 0 Å². The van der Waals surface area contributed by atoms with E-state index >= 15 is 0 Å². The molecule has 0 fully saturated rings. The molecule has 96 valence electrons. The Labute approximate surface area is 110 Å². The molecule has 2 aromatic rings. The fourth-order valence-corrected chi connectivity index (χ4v) is 1.54. The Hall–Kier alpha value is -2.58. The molecule has 0 saturated carbocycles. The average Bonchev–Trinajstić information content (AvgIpc) is 2.97. The van der Waals surface area contributed by atoms with Crippen LogP contribution in [-0.2, 0) is 6.54 Å². The Morgan fingerprint density at radius 3 is 2.95 bits per heavy atom. The van der Waals surface area contributed by atoms with E-state index in [0.717, 1.165) is 11.1 Å². The molecule has 0 atom stereocenters. The van der Waals surface area contributed by atoms with Gasteiger partial charge in [0, 0.05) is 18.2 Å². The highest BCUT2D eigenvalue weighted by Crippen LogP contribution is 2.07. The lowest BCUT2D eigenvalue weighted by Gasteiger charge is -2.05. The number of amides is 1. The number of carbonyl (C=O) groups is 1. The van der Waals surface area contributed by atoms with Gasteiger partial charge in [0.1, 0.15) is 0 Å². The molecule has 0 aliphatic heterocycles. The third-order valence-electron chi connectivity index (χ3n) is 2.44. The quantitative estimate of drug-likeness (QED) is 0.799. The summed E-state index contributed by atoms with van der Waals surface area (Å²) in [7, 11) is 0. The molecule has 0 bridgehead atoms. The van der Waals surface area contributed by atoms with Crippen molar-refractivity contribution in [2.75, 3.05) is 6.54 Å². The van der Waals surface area contributed by atoms with E-state index in [9.17, 15) is 4.79 Å². The molecule has 2 rings (SSSR count). The second-order valence-corrected chi connectivity index (χ2v) is 3.72. The summed E-state index contributed by atoms with van der Waals surface area (Å²) in [5, 5.41) is 6.23. The van der Waals surface area contributed by atoms with Crippen LogP contribution < -0.4 is 11.1 Å². The van der Waals surface area contributed by atoms with E-state index in [1.807, 2.05) is 24.3 Å². The Morgan fingerprint density at radius 1 is 1.37 bits per heavy atom. The number of carbonyl (C=O) groups excluding carboxylic acids is 1. The predicted octanol–water partition coefficient (Wildman–Crippen LogP) is 0.915. The van der Waals surface area contributed by atoms with E-state index in [1.54, 1.807) is 0 Å². The van der Waals surface area contributed by atoms with Gasteiger partial charge >= 0.3 is 0 Å². The average molecular weight is 255 g/mol. The summed E-state index contributed by atoms with van der Waals surface area (Å²) >= 11 is 0. The van der Waals surface area contributed by atoms with E-state index in [1.165, 1.54) is 12.3 Å². The number of rotatable bonds is 3. The number of nitrogens with two attached hydrogens (primary N) is 1. The lowest BCUT2D eigenvalue weighted by Crippen LogP contribution is -2.22. The first-order valence-electron chi connectivity index (χ1n) is 5.77. The number of nitrogens with zero attached hydrogens (tertiary/aromatic N) is 1. The molecule has 19 heavy (non-hydrogen) atoms. The van der Waals surface area contributed by atoms with E-state index in [2.05, 4.69) is 22.3 Å². The van der Waals surface area contributed by atoms with Crippen LogP contribution in [-0.4, -0.2) is 17.6 Å². The van der Waals surface area contributed by atoms with Crippen LogP contribution in [0.3, 0.4) is 0 Å². The first-order valence-corrected chi connectivity index (χ1v) is 5.77. The zero-order valence-electron chi connectivity index (χ0n) is 10.2. The van der Waals surface area contributed by atoms with Crippen molar-refractivity contribution in [3.8, 4) is 11.8 Å². The third kappa shape index (κ3) is 3.44. The van der Waals surface area contributed by atoms with Crippen molar-refractivity contribution in [2.45, 2.75) is 6.54 Å². The number of hydrogen-bond donors (Lipinski definition) is 2. The van der Waals surface area contributed by atoms with Crippen LogP contribution >= 0.6 is 0 Å². The van der Waals surface area contributed by atoms with E-state index in [4.69, 9.17) is 10.3 Å². The third-order valence-corrected chi connectivity index (χ3v) is 2.44. The van der Waals surface area contributed by atoms with Gasteiger partial charge in [0.05, 0.1) is 12.7 Å². The van der Waals surface area contributed by atoms with Gasteiger partial charge in [0.15, 0.2) is 0 Å². The molecule has 0 aliphatic rings. The fraction of sp³-hybridized carbons (Fsp3) is 0.143. The zero-order chi connectivity index (χ0) is 13.5. The molecule has 1 aromatic carbocycles. The van der Waals surface area contributed by atoms with Gasteiger partial charge in [0.25, 0.3) is 5.91 Å². The van der Waals surface area contributed by atoms with Crippen LogP contribution in [0, 0.1) is 11.8 Å². The van der Waals surface area contributed by atoms with Crippen molar-refractivity contribution in [2.24, 2.45) is 5.73 Å².